The van der Waals surface area contributed by atoms with E-state index in [1.807, 2.05) is 55.5 Å². The Labute approximate surface area is 199 Å². The number of allylic oxidation sites excluding steroid dienone is 2. The number of rotatable bonds is 2. The molecule has 0 fully saturated rings. The van der Waals surface area contributed by atoms with Gasteiger partial charge in [-0.2, -0.15) is 0 Å². The Bertz CT molecular complexity index is 1450. The standard InChI is InChI=1S/C22H14NO.C5H8O2.Ir/c1-14-7-6-8-15(13-14)21-22-20(16-9-2-4-11-18(16)23-21)17-10-3-5-12-19(17)24-22;1-4(6)3-5(2)7;/h2-12H,1H3;3,6H,1-2H3;/q-1;;/b;4-3-;. The summed E-state index contributed by atoms with van der Waals surface area (Å²) in [6.45, 7) is 4.89. The molecular weight excluding hydrogens is 579 g/mol. The molecule has 0 spiro atoms. The average Bonchev–Trinajstić information content (AvgIpc) is 3.12. The molecule has 0 atom stereocenters. The van der Waals surface area contributed by atoms with E-state index >= 15 is 0 Å². The third kappa shape index (κ3) is 4.80. The Kier molecular flexibility index (Phi) is 7.24. The molecule has 5 aromatic rings. The van der Waals surface area contributed by atoms with E-state index in [9.17, 15) is 4.79 Å². The number of nitrogens with zero attached hydrogens (tertiary/aromatic N) is 1. The Morgan fingerprint density at radius 1 is 0.969 bits per heavy atom. The molecule has 0 bridgehead atoms. The van der Waals surface area contributed by atoms with Gasteiger partial charge in [0.05, 0.1) is 11.3 Å². The van der Waals surface area contributed by atoms with Crippen LogP contribution in [0.1, 0.15) is 19.4 Å². The summed E-state index contributed by atoms with van der Waals surface area (Å²) >= 11 is 0. The summed E-state index contributed by atoms with van der Waals surface area (Å²) in [6.07, 6.45) is 1.17. The Morgan fingerprint density at radius 2 is 1.66 bits per heavy atom. The van der Waals surface area contributed by atoms with Crippen molar-refractivity contribution in [3.63, 3.8) is 0 Å². The second-order valence-corrected chi connectivity index (χ2v) is 7.42. The number of fused-ring (bicyclic) bond motifs is 5. The number of aliphatic hydroxyl groups is 1. The van der Waals surface area contributed by atoms with Gasteiger partial charge in [-0.25, -0.2) is 0 Å². The van der Waals surface area contributed by atoms with Crippen LogP contribution in [0.3, 0.4) is 0 Å². The average molecular weight is 601 g/mol. The van der Waals surface area contributed by atoms with E-state index in [1.54, 1.807) is 0 Å². The number of pyridine rings is 1. The maximum atomic E-state index is 10.0. The summed E-state index contributed by atoms with van der Waals surface area (Å²) in [5, 5.41) is 11.7. The van der Waals surface area contributed by atoms with E-state index in [-0.39, 0.29) is 31.6 Å². The molecule has 32 heavy (non-hydrogen) atoms. The first kappa shape index (κ1) is 23.4. The second kappa shape index (κ2) is 9.90. The van der Waals surface area contributed by atoms with Crippen LogP contribution in [-0.4, -0.2) is 15.9 Å². The van der Waals surface area contributed by atoms with Gasteiger partial charge in [0.1, 0.15) is 11.2 Å². The van der Waals surface area contributed by atoms with E-state index in [2.05, 4.69) is 24.3 Å². The zero-order chi connectivity index (χ0) is 22.0. The van der Waals surface area contributed by atoms with Crippen LogP contribution in [-0.2, 0) is 24.9 Å². The zero-order valence-corrected chi connectivity index (χ0v) is 20.4. The summed E-state index contributed by atoms with van der Waals surface area (Å²) in [7, 11) is 0. The maximum absolute atomic E-state index is 10.0. The van der Waals surface area contributed by atoms with Crippen LogP contribution < -0.4 is 0 Å². The number of aliphatic hydroxyl groups excluding tert-OH is 1. The van der Waals surface area contributed by atoms with Crippen LogP contribution in [0.2, 0.25) is 0 Å². The van der Waals surface area contributed by atoms with Gasteiger partial charge in [0.15, 0.2) is 5.78 Å². The van der Waals surface area contributed by atoms with Gasteiger partial charge in [0, 0.05) is 48.0 Å². The van der Waals surface area contributed by atoms with Crippen molar-refractivity contribution < 1.29 is 34.4 Å². The largest absolute Gasteiger partial charge is 0.512 e. The first-order valence-electron chi connectivity index (χ1n) is 10.0. The number of hydrogen-bond acceptors (Lipinski definition) is 4. The molecule has 163 valence electrons. The Balaban J connectivity index is 0.000000318. The van der Waals surface area contributed by atoms with Crippen LogP contribution >= 0.6 is 0 Å². The predicted octanol–water partition coefficient (Wildman–Crippen LogP) is 6.94. The first-order chi connectivity index (χ1) is 14.9. The summed E-state index contributed by atoms with van der Waals surface area (Å²) < 4.78 is 6.20. The minimum atomic E-state index is -0.125. The smallest absolute Gasteiger partial charge is 0.155 e. The minimum Gasteiger partial charge on any atom is -0.512 e. The summed E-state index contributed by atoms with van der Waals surface area (Å²) in [5.74, 6) is -0.0625. The van der Waals surface area contributed by atoms with Crippen molar-refractivity contribution in [2.75, 3.05) is 0 Å². The van der Waals surface area contributed by atoms with Crippen molar-refractivity contribution >= 4 is 38.6 Å². The van der Waals surface area contributed by atoms with Crippen LogP contribution in [0.5, 0.6) is 0 Å². The normalized spacial score (nSPS) is 11.2. The molecule has 3 aromatic carbocycles. The topological polar surface area (TPSA) is 63.3 Å². The summed E-state index contributed by atoms with van der Waals surface area (Å²) in [6, 6.07) is 25.9. The fraction of sp³-hybridized carbons (Fsp3) is 0.111. The van der Waals surface area contributed by atoms with Gasteiger partial charge in [-0.1, -0.05) is 43.3 Å². The number of carbonyl (C=O) groups excluding carboxylic acids is 1. The fourth-order valence-electron chi connectivity index (χ4n) is 3.63. The van der Waals surface area contributed by atoms with Crippen molar-refractivity contribution in [3.8, 4) is 11.3 Å². The quantitative estimate of drug-likeness (QED) is 0.135. The monoisotopic (exact) mass is 601 g/mol. The second-order valence-electron chi connectivity index (χ2n) is 7.42. The van der Waals surface area contributed by atoms with Gasteiger partial charge in [0.25, 0.3) is 0 Å². The molecule has 1 radical (unpaired) electrons. The van der Waals surface area contributed by atoms with E-state index < -0.39 is 0 Å². The third-order valence-corrected chi connectivity index (χ3v) is 4.82. The third-order valence-electron chi connectivity index (χ3n) is 4.82. The molecule has 2 heterocycles. The predicted molar refractivity (Wildman–Crippen MR) is 125 cm³/mol. The number of furan rings is 1. The fourth-order valence-corrected chi connectivity index (χ4v) is 3.63. The van der Waals surface area contributed by atoms with E-state index in [0.29, 0.717) is 0 Å². The van der Waals surface area contributed by atoms with E-state index in [0.717, 1.165) is 49.7 Å². The Morgan fingerprint density at radius 3 is 2.31 bits per heavy atom. The molecule has 0 saturated carbocycles. The van der Waals surface area contributed by atoms with Gasteiger partial charge in [-0.15, -0.1) is 35.4 Å². The number of aryl methyl sites for hydroxylation is 1. The Hall–Kier alpha value is -3.27. The molecule has 4 nitrogen and oxygen atoms in total. The number of benzene rings is 3. The van der Waals surface area contributed by atoms with Crippen molar-refractivity contribution in [3.05, 3.63) is 90.2 Å². The number of aromatic nitrogens is 1. The molecule has 5 rings (SSSR count). The molecule has 2 aromatic heterocycles. The van der Waals surface area contributed by atoms with Crippen LogP contribution in [0.25, 0.3) is 44.1 Å². The van der Waals surface area contributed by atoms with Gasteiger partial charge < -0.3 is 9.52 Å². The van der Waals surface area contributed by atoms with Gasteiger partial charge in [-0.3, -0.25) is 9.78 Å². The molecule has 0 aliphatic rings. The maximum Gasteiger partial charge on any atom is 0.155 e. The SMILES string of the molecule is CC(=O)/C=C(/C)O.Cc1[c-]c(-c2nc3ccccc3c3c2oc2ccccc23)ccc1.[Ir]. The molecule has 5 heteroatoms. The van der Waals surface area contributed by atoms with E-state index in [1.165, 1.54) is 19.9 Å². The molecule has 0 amide bonds. The minimum absolute atomic E-state index is 0. The summed E-state index contributed by atoms with van der Waals surface area (Å²) in [5.41, 5.74) is 5.60. The molecule has 0 aliphatic heterocycles. The van der Waals surface area contributed by atoms with Crippen molar-refractivity contribution in [2.45, 2.75) is 20.8 Å². The van der Waals surface area contributed by atoms with Crippen LogP contribution in [0, 0.1) is 13.0 Å². The number of para-hydroxylation sites is 2. The molecular formula is C27H22IrNO3-. The van der Waals surface area contributed by atoms with E-state index in [4.69, 9.17) is 14.5 Å². The van der Waals surface area contributed by atoms with Crippen molar-refractivity contribution in [2.24, 2.45) is 0 Å². The van der Waals surface area contributed by atoms with Crippen molar-refractivity contribution in [1.82, 2.24) is 4.98 Å². The molecule has 0 aliphatic carbocycles. The zero-order valence-electron chi connectivity index (χ0n) is 18.0. The van der Waals surface area contributed by atoms with Crippen molar-refractivity contribution in [1.29, 1.82) is 0 Å². The summed E-state index contributed by atoms with van der Waals surface area (Å²) in [4.78, 5) is 14.9. The first-order valence-corrected chi connectivity index (χ1v) is 10.0. The van der Waals surface area contributed by atoms with Gasteiger partial charge in [-0.05, 0) is 26.0 Å². The van der Waals surface area contributed by atoms with Crippen LogP contribution in [0.15, 0.2) is 83.0 Å². The van der Waals surface area contributed by atoms with Gasteiger partial charge in [0.2, 0.25) is 0 Å². The number of hydrogen-bond donors (Lipinski definition) is 1. The molecule has 1 N–H and O–H groups in total. The molecule has 0 unspecified atom stereocenters. The number of ketones is 1. The van der Waals surface area contributed by atoms with Crippen LogP contribution in [0.4, 0.5) is 0 Å². The molecule has 0 saturated heterocycles. The van der Waals surface area contributed by atoms with Gasteiger partial charge >= 0.3 is 0 Å². The number of carbonyl (C=O) groups is 1.